The van der Waals surface area contributed by atoms with Crippen molar-refractivity contribution in [2.75, 3.05) is 285 Å². The zero-order valence-corrected chi connectivity index (χ0v) is 97.4. The van der Waals surface area contributed by atoms with Crippen LogP contribution in [0, 0.1) is 46.8 Å². The second kappa shape index (κ2) is 92.6. The van der Waals surface area contributed by atoms with Gasteiger partial charge in [0.15, 0.2) is 23.3 Å². The number of ether oxygens (including phenoxy) is 12. The fourth-order valence-electron chi connectivity index (χ4n) is 16.4. The van der Waals surface area contributed by atoms with Gasteiger partial charge in [-0.05, 0) is 175 Å². The largest absolute Gasteiger partial charge is 0.497 e. The molecule has 0 heterocycles. The normalized spacial score (nSPS) is 16.9. The summed E-state index contributed by atoms with van der Waals surface area (Å²) in [5.41, 5.74) is -0.637. The molecular formula is C103H185F5N6O21S10. The van der Waals surface area contributed by atoms with Crippen molar-refractivity contribution in [2.45, 2.75) is 252 Å². The van der Waals surface area contributed by atoms with Gasteiger partial charge in [0.25, 0.3) is 0 Å². The molecule has 145 heavy (non-hydrogen) atoms. The number of thiol groups is 2. The number of thioether (sulfide) groups is 2. The highest BCUT2D eigenvalue weighted by molar-refractivity contribution is 8.00. The first-order valence-corrected chi connectivity index (χ1v) is 62.4. The zero-order chi connectivity index (χ0) is 107. The van der Waals surface area contributed by atoms with Gasteiger partial charge in [-0.1, -0.05) is 154 Å². The molecule has 5 aliphatic rings. The Labute approximate surface area is 907 Å². The predicted molar refractivity (Wildman–Crippen MR) is 594 cm³/mol. The van der Waals surface area contributed by atoms with Gasteiger partial charge in [-0.15, -0.1) is 0 Å². The van der Waals surface area contributed by atoms with E-state index in [1.54, 1.807) is 46.4 Å². The Morgan fingerprint density at radius 1 is 0.421 bits per heavy atom. The van der Waals surface area contributed by atoms with Crippen LogP contribution in [0.25, 0.3) is 0 Å². The van der Waals surface area contributed by atoms with Crippen molar-refractivity contribution in [3.05, 3.63) is 83.7 Å². The first kappa shape index (κ1) is 140. The summed E-state index contributed by atoms with van der Waals surface area (Å²) in [7, 11) is -1.13. The van der Waals surface area contributed by atoms with Gasteiger partial charge in [-0.3, -0.25) is 4.79 Å². The van der Waals surface area contributed by atoms with E-state index in [0.29, 0.717) is 132 Å². The van der Waals surface area contributed by atoms with E-state index in [4.69, 9.17) is 77.3 Å². The molecule has 0 spiro atoms. The molecule has 5 fully saturated rings. The average molecular weight is 2260 g/mol. The number of aliphatic hydroxyl groups excluding tert-OH is 4. The van der Waals surface area contributed by atoms with E-state index in [1.165, 1.54) is 151 Å². The molecule has 3 aromatic carbocycles. The van der Waals surface area contributed by atoms with E-state index in [1.807, 2.05) is 89.8 Å². The minimum atomic E-state index is -2.44. The number of aliphatic hydroxyl groups is 4. The smallest absolute Gasteiger partial charge is 0.320 e. The SMILES string of the molecule is CC(C)(C)OC(=O)CS(=O)N(CCOCCOCCO)CCOCCOCCO.CCCCCCCCN(CCCCCCCC)Sc1ccccc1.CCCCN(CCCC)S(=O)c1c(F)c(F)c(F)c(F)c1F.COCCOCCN(CCOCCOC)SC1CCCCC1.COc1ccc(S(=O)N(CCSCCS)CCSCCS)cc1.O=S(N(CCOCCO)CCOCCO)C12CC3CC(CC(C3)C1)C2. The van der Waals surface area contributed by atoms with Crippen LogP contribution in [0.15, 0.2) is 69.3 Å². The van der Waals surface area contributed by atoms with E-state index in [0.717, 1.165) is 140 Å². The van der Waals surface area contributed by atoms with Crippen molar-refractivity contribution in [1.82, 2.24) is 25.8 Å². The van der Waals surface area contributed by atoms with Crippen molar-refractivity contribution in [2.24, 2.45) is 17.8 Å². The second-order valence-electron chi connectivity index (χ2n) is 36.5. The summed E-state index contributed by atoms with van der Waals surface area (Å²) >= 11 is 16.1. The number of hydrogen-bond donors (Lipinski definition) is 6. The van der Waals surface area contributed by atoms with E-state index in [-0.39, 0.29) is 63.2 Å². The maximum atomic E-state index is 13.7. The van der Waals surface area contributed by atoms with Crippen LogP contribution in [0.2, 0.25) is 0 Å². The first-order valence-electron chi connectivity index (χ1n) is 52.6. The van der Waals surface area contributed by atoms with Crippen LogP contribution in [0.4, 0.5) is 22.0 Å². The molecule has 8 rings (SSSR count). The number of benzene rings is 3. The molecule has 5 aliphatic carbocycles. The molecule has 0 saturated heterocycles. The van der Waals surface area contributed by atoms with Crippen molar-refractivity contribution in [3.63, 3.8) is 0 Å². The van der Waals surface area contributed by atoms with Crippen LogP contribution in [0.1, 0.15) is 222 Å². The standard InChI is InChI=1S/C22H39NS.C18H37NO9S.C18H33NO5S.C16H33NO4S.C15H25NO2S5.C14H18F5NOS/c1-3-5-7-9-11-16-20-23(21-17-12-10-8-6-4-2)24-22-18-14-13-15-19-22;1-18(2,3)28-17(22)16-29(23)19(4-8-24-12-14-26-10-6-20)5-9-25-13-15-27-11-7-21;20-3-7-23-5-1-19(2-6-24-8-4-21)25(22)18-12-15-9-16(13-18)11-17(10-15)14-18;1-18-12-14-20-10-8-17(9-11-21-15-13-19-2)22-16-6-4-3-5-7-16;1-18-14-2-4-15(5-3-14)23(17)16(6-10-21-12-8-19)7-11-22-13-9-20;1-3-5-7-20(8-6-4-2)22(21)14-12(18)10(16)9(15)11(17)13(14)19/h13-15,18-19H,3-12,16-17,20-21H2,1-2H3;20-21H,4-16H2,1-3H3;15-17,20-21H,1-14H2;16H,3-15H2,1-2H3;2-5,19-20H,6-13H2,1H3;3-8H2,1-2H3. The highest BCUT2D eigenvalue weighted by Crippen LogP contribution is 2.58. The van der Waals surface area contributed by atoms with Gasteiger partial charge >= 0.3 is 5.97 Å². The Balaban J connectivity index is 0.000000589. The summed E-state index contributed by atoms with van der Waals surface area (Å²) < 4.78 is 193. The van der Waals surface area contributed by atoms with E-state index in [9.17, 15) is 43.6 Å². The number of methoxy groups -OCH3 is 3. The Hall–Kier alpha value is -1.52. The molecule has 0 amide bonds. The molecule has 27 nitrogen and oxygen atoms in total. The van der Waals surface area contributed by atoms with Crippen molar-refractivity contribution in [3.8, 4) is 5.75 Å². The summed E-state index contributed by atoms with van der Waals surface area (Å²) in [6, 6.07) is 18.4. The van der Waals surface area contributed by atoms with E-state index >= 15 is 0 Å². The third kappa shape index (κ3) is 67.2. The summed E-state index contributed by atoms with van der Waals surface area (Å²) in [5.74, 6) is -2.38. The molecule has 0 radical (unpaired) electrons. The van der Waals surface area contributed by atoms with Gasteiger partial charge in [-0.25, -0.2) is 64.6 Å². The number of nitrogens with zero attached hydrogens (tertiary/aromatic N) is 6. The third-order valence-electron chi connectivity index (χ3n) is 23.4. The molecule has 42 heteroatoms. The van der Waals surface area contributed by atoms with Crippen molar-refractivity contribution >= 4 is 123 Å². The fourth-order valence-corrected chi connectivity index (χ4v) is 26.8. The maximum Gasteiger partial charge on any atom is 0.320 e. The first-order chi connectivity index (χ1) is 70.3. The van der Waals surface area contributed by atoms with Gasteiger partial charge in [0.2, 0.25) is 5.82 Å². The van der Waals surface area contributed by atoms with Crippen LogP contribution in [0.3, 0.4) is 0 Å². The summed E-state index contributed by atoms with van der Waals surface area (Å²) in [6.45, 7) is 30.2. The Morgan fingerprint density at radius 3 is 1.21 bits per heavy atom. The molecule has 4 unspecified atom stereocenters. The molecule has 4 N–H and O–H groups in total. The lowest BCUT2D eigenvalue weighted by atomic mass is 9.56. The van der Waals surface area contributed by atoms with Crippen LogP contribution in [-0.2, 0) is 101 Å². The summed E-state index contributed by atoms with van der Waals surface area (Å²) in [6.07, 6.45) is 33.5. The molecule has 0 aromatic heterocycles. The highest BCUT2D eigenvalue weighted by atomic mass is 32.2. The number of carbonyl (C=O) groups excluding carboxylic acids is 1. The van der Waals surface area contributed by atoms with E-state index < -0.39 is 89.5 Å². The van der Waals surface area contributed by atoms with Gasteiger partial charge in [0, 0.05) is 126 Å². The zero-order valence-electron chi connectivity index (χ0n) is 89.1. The minimum Gasteiger partial charge on any atom is -0.497 e. The van der Waals surface area contributed by atoms with Crippen molar-refractivity contribution < 1.29 is 121 Å². The van der Waals surface area contributed by atoms with Crippen LogP contribution >= 0.6 is 72.7 Å². The average Bonchev–Trinajstić information content (AvgIpc) is 0.735. The predicted octanol–water partition coefficient (Wildman–Crippen LogP) is 18.2. The molecule has 0 aliphatic heterocycles. The molecule has 4 bridgehead atoms. The number of unbranched alkanes of at least 4 members (excludes halogenated alkanes) is 12. The second-order valence-corrected chi connectivity index (χ2v) is 48.7. The molecule has 5 saturated carbocycles. The number of esters is 1. The fraction of sp³-hybridized carbons (Fsp3) is 0.816. The van der Waals surface area contributed by atoms with Crippen molar-refractivity contribution in [1.29, 1.82) is 0 Å². The topological polar surface area (TPSA) is 296 Å². The van der Waals surface area contributed by atoms with Gasteiger partial charge in [0.1, 0.15) is 65.9 Å². The summed E-state index contributed by atoms with van der Waals surface area (Å²) in [5, 5.41) is 35.7. The van der Waals surface area contributed by atoms with Crippen LogP contribution in [-0.4, -0.2) is 370 Å². The Bertz CT molecular complexity index is 3540. The van der Waals surface area contributed by atoms with Gasteiger partial charge in [0.05, 0.1) is 162 Å². The number of rotatable bonds is 82. The summed E-state index contributed by atoms with van der Waals surface area (Å²) in [4.78, 5) is 12.9. The Morgan fingerprint density at radius 2 is 0.807 bits per heavy atom. The number of carbonyl (C=O) groups is 1. The van der Waals surface area contributed by atoms with Gasteiger partial charge < -0.3 is 77.3 Å². The molecule has 3 aromatic rings. The number of halogens is 5. The van der Waals surface area contributed by atoms with Crippen LogP contribution < -0.4 is 4.74 Å². The quantitative estimate of drug-likeness (QED) is 0.00582. The van der Waals surface area contributed by atoms with E-state index in [2.05, 4.69) is 82.4 Å². The third-order valence-corrected chi connectivity index (χ3v) is 35.5. The molecule has 4 atom stereocenters. The highest BCUT2D eigenvalue weighted by Gasteiger charge is 2.55. The molecule has 848 valence electrons. The number of hydrogen-bond acceptors (Lipinski definition) is 29. The molecular weight excluding hydrogens is 2070 g/mol. The lowest BCUT2D eigenvalue weighted by Gasteiger charge is -2.56. The van der Waals surface area contributed by atoms with Gasteiger partial charge in [-0.2, -0.15) is 48.8 Å². The monoisotopic (exact) mass is 2260 g/mol. The lowest BCUT2D eigenvalue weighted by molar-refractivity contribution is -0.151. The van der Waals surface area contributed by atoms with Crippen LogP contribution in [0.5, 0.6) is 5.75 Å². The Kier molecular flexibility index (Phi) is 89.1. The maximum absolute atomic E-state index is 13.7. The lowest BCUT2D eigenvalue weighted by Crippen LogP contribution is -2.56. The minimum absolute atomic E-state index is 0.0116.